The second-order valence-corrected chi connectivity index (χ2v) is 10.6. The molecule has 2 aromatic carbocycles. The van der Waals surface area contributed by atoms with Crippen molar-refractivity contribution < 1.29 is 22.0 Å². The monoisotopic (exact) mass is 486 g/mol. The maximum Gasteiger partial charge on any atom is 0.274 e. The lowest BCUT2D eigenvalue weighted by atomic mass is 10.1. The molecule has 0 spiro atoms. The number of piperazine rings is 1. The first kappa shape index (κ1) is 22.7. The van der Waals surface area contributed by atoms with Crippen LogP contribution in [0.1, 0.15) is 33.7 Å². The third-order valence-electron chi connectivity index (χ3n) is 6.47. The zero-order valence-corrected chi connectivity index (χ0v) is 19.5. The van der Waals surface area contributed by atoms with Crippen LogP contribution in [0.15, 0.2) is 47.4 Å². The van der Waals surface area contributed by atoms with Gasteiger partial charge in [0.05, 0.1) is 10.6 Å². The molecule has 0 bridgehead atoms. The van der Waals surface area contributed by atoms with Gasteiger partial charge in [-0.05, 0) is 50.5 Å². The molecule has 10 heteroatoms. The van der Waals surface area contributed by atoms with Crippen LogP contribution in [-0.4, -0.2) is 59.5 Å². The molecule has 0 saturated carbocycles. The summed E-state index contributed by atoms with van der Waals surface area (Å²) in [4.78, 5) is 15.2. The van der Waals surface area contributed by atoms with E-state index in [9.17, 15) is 22.0 Å². The Labute approximate surface area is 196 Å². The first-order chi connectivity index (χ1) is 16.3. The quantitative estimate of drug-likeness (QED) is 0.568. The highest BCUT2D eigenvalue weighted by atomic mass is 32.2. The van der Waals surface area contributed by atoms with Gasteiger partial charge in [-0.15, -0.1) is 0 Å². The number of sulfonamides is 1. The summed E-state index contributed by atoms with van der Waals surface area (Å²) in [6.07, 6.45) is 2.22. The Kier molecular flexibility index (Phi) is 5.73. The number of nitrogens with zero attached hydrogens (tertiary/aromatic N) is 4. The van der Waals surface area contributed by atoms with E-state index in [-0.39, 0.29) is 37.0 Å². The van der Waals surface area contributed by atoms with Crippen molar-refractivity contribution in [2.45, 2.75) is 31.1 Å². The smallest absolute Gasteiger partial charge is 0.274 e. The van der Waals surface area contributed by atoms with Crippen LogP contribution in [0.25, 0.3) is 5.69 Å². The molecular weight excluding hydrogens is 462 g/mol. The average molecular weight is 487 g/mol. The Bertz CT molecular complexity index is 1360. The fourth-order valence-electron chi connectivity index (χ4n) is 4.58. The van der Waals surface area contributed by atoms with E-state index in [1.165, 1.54) is 15.1 Å². The van der Waals surface area contributed by atoms with E-state index in [4.69, 9.17) is 0 Å². The van der Waals surface area contributed by atoms with Gasteiger partial charge in [0.2, 0.25) is 10.0 Å². The summed E-state index contributed by atoms with van der Waals surface area (Å²) in [5.41, 5.74) is 3.29. The van der Waals surface area contributed by atoms with Crippen LogP contribution in [0.5, 0.6) is 0 Å². The van der Waals surface area contributed by atoms with Crippen molar-refractivity contribution in [3.05, 3.63) is 76.6 Å². The van der Waals surface area contributed by atoms with E-state index < -0.39 is 21.7 Å². The minimum atomic E-state index is -3.63. The number of hydrogen-bond acceptors (Lipinski definition) is 4. The molecule has 2 aliphatic rings. The molecule has 34 heavy (non-hydrogen) atoms. The van der Waals surface area contributed by atoms with Crippen LogP contribution < -0.4 is 0 Å². The Hall–Kier alpha value is -3.11. The molecule has 3 aromatic rings. The molecule has 7 nitrogen and oxygen atoms in total. The zero-order chi connectivity index (χ0) is 24.0. The third-order valence-corrected chi connectivity index (χ3v) is 8.38. The van der Waals surface area contributed by atoms with E-state index in [1.807, 2.05) is 6.92 Å². The van der Waals surface area contributed by atoms with Gasteiger partial charge in [-0.2, -0.15) is 9.40 Å². The number of fused-ring (bicyclic) bond motifs is 1. The average Bonchev–Trinajstić information content (AvgIpc) is 3.44. The van der Waals surface area contributed by atoms with E-state index >= 15 is 0 Å². The number of amides is 1. The first-order valence-corrected chi connectivity index (χ1v) is 12.6. The third kappa shape index (κ3) is 3.90. The van der Waals surface area contributed by atoms with E-state index in [0.29, 0.717) is 24.2 Å². The number of aryl methyl sites for hydroxylation is 1. The van der Waals surface area contributed by atoms with Gasteiger partial charge in [0.25, 0.3) is 5.91 Å². The van der Waals surface area contributed by atoms with Crippen LogP contribution >= 0.6 is 0 Å². The lowest BCUT2D eigenvalue weighted by Crippen LogP contribution is -2.50. The van der Waals surface area contributed by atoms with E-state index in [1.54, 1.807) is 29.2 Å². The molecule has 1 fully saturated rings. The number of benzene rings is 2. The van der Waals surface area contributed by atoms with Crippen molar-refractivity contribution in [1.29, 1.82) is 0 Å². The molecule has 1 aromatic heterocycles. The lowest BCUT2D eigenvalue weighted by Gasteiger charge is -2.33. The summed E-state index contributed by atoms with van der Waals surface area (Å²) in [5.74, 6) is -2.19. The molecule has 0 N–H and O–H groups in total. The van der Waals surface area contributed by atoms with Crippen LogP contribution in [0.4, 0.5) is 8.78 Å². The van der Waals surface area contributed by atoms with Gasteiger partial charge in [0, 0.05) is 43.5 Å². The van der Waals surface area contributed by atoms with Crippen molar-refractivity contribution in [3.63, 3.8) is 0 Å². The maximum absolute atomic E-state index is 13.8. The Morgan fingerprint density at radius 2 is 1.65 bits per heavy atom. The standard InChI is InChI=1S/C24H24F2N4O3S/c1-16-5-8-18(9-6-16)34(32,33)29-13-11-28(12-14-29)24(31)23-19-3-2-4-22(19)30(27-23)17-7-10-20(25)21(26)15-17/h5-10,15H,2-4,11-14H2,1H3. The molecule has 2 heterocycles. The molecule has 1 amide bonds. The molecule has 1 aliphatic heterocycles. The summed E-state index contributed by atoms with van der Waals surface area (Å²) in [5, 5.41) is 4.48. The van der Waals surface area contributed by atoms with Gasteiger partial charge < -0.3 is 4.90 Å². The number of carbonyl (C=O) groups excluding carboxylic acids is 1. The highest BCUT2D eigenvalue weighted by Gasteiger charge is 2.34. The summed E-state index contributed by atoms with van der Waals surface area (Å²) in [7, 11) is -3.63. The van der Waals surface area contributed by atoms with Gasteiger partial charge in [-0.3, -0.25) is 4.79 Å². The number of halogens is 2. The van der Waals surface area contributed by atoms with Crippen molar-refractivity contribution in [3.8, 4) is 5.69 Å². The van der Waals surface area contributed by atoms with Gasteiger partial charge in [-0.1, -0.05) is 17.7 Å². The van der Waals surface area contributed by atoms with Crippen LogP contribution in [0, 0.1) is 18.6 Å². The molecule has 1 saturated heterocycles. The van der Waals surface area contributed by atoms with Gasteiger partial charge in [-0.25, -0.2) is 21.9 Å². The molecule has 0 radical (unpaired) electrons. The number of carbonyl (C=O) groups is 1. The lowest BCUT2D eigenvalue weighted by molar-refractivity contribution is 0.0690. The minimum absolute atomic E-state index is 0.189. The van der Waals surface area contributed by atoms with Crippen LogP contribution in [0.3, 0.4) is 0 Å². The SMILES string of the molecule is Cc1ccc(S(=O)(=O)N2CCN(C(=O)c3nn(-c4ccc(F)c(F)c4)c4c3CCC4)CC2)cc1. The first-order valence-electron chi connectivity index (χ1n) is 11.2. The number of hydrogen-bond donors (Lipinski definition) is 0. The number of rotatable bonds is 4. The van der Waals surface area contributed by atoms with Crippen molar-refractivity contribution in [2.24, 2.45) is 0 Å². The summed E-state index contributed by atoms with van der Waals surface area (Å²) in [6, 6.07) is 10.3. The summed E-state index contributed by atoms with van der Waals surface area (Å²) < 4.78 is 56.0. The van der Waals surface area contributed by atoms with Crippen LogP contribution in [0.2, 0.25) is 0 Å². The van der Waals surface area contributed by atoms with Crippen LogP contribution in [-0.2, 0) is 22.9 Å². The molecule has 5 rings (SSSR count). The maximum atomic E-state index is 13.8. The Balaban J connectivity index is 1.35. The Morgan fingerprint density at radius 3 is 2.32 bits per heavy atom. The highest BCUT2D eigenvalue weighted by Crippen LogP contribution is 2.29. The Morgan fingerprint density at radius 1 is 0.941 bits per heavy atom. The van der Waals surface area contributed by atoms with Crippen molar-refractivity contribution >= 4 is 15.9 Å². The fourth-order valence-corrected chi connectivity index (χ4v) is 6.00. The van der Waals surface area contributed by atoms with Crippen molar-refractivity contribution in [2.75, 3.05) is 26.2 Å². The predicted octanol–water partition coefficient (Wildman–Crippen LogP) is 3.09. The number of aromatic nitrogens is 2. The molecule has 0 atom stereocenters. The fraction of sp³-hybridized carbons (Fsp3) is 0.333. The predicted molar refractivity (Wildman–Crippen MR) is 121 cm³/mol. The largest absolute Gasteiger partial charge is 0.335 e. The van der Waals surface area contributed by atoms with Gasteiger partial charge in [0.1, 0.15) is 0 Å². The summed E-state index contributed by atoms with van der Waals surface area (Å²) in [6.45, 7) is 2.76. The zero-order valence-electron chi connectivity index (χ0n) is 18.7. The minimum Gasteiger partial charge on any atom is -0.335 e. The molecule has 1 aliphatic carbocycles. The van der Waals surface area contributed by atoms with E-state index in [0.717, 1.165) is 35.4 Å². The van der Waals surface area contributed by atoms with Gasteiger partial charge in [0.15, 0.2) is 17.3 Å². The molecule has 0 unspecified atom stereocenters. The normalized spacial score (nSPS) is 16.6. The topological polar surface area (TPSA) is 75.5 Å². The van der Waals surface area contributed by atoms with Crippen molar-refractivity contribution in [1.82, 2.24) is 19.0 Å². The molecular formula is C24H24F2N4O3S. The second-order valence-electron chi connectivity index (χ2n) is 8.65. The second kappa shape index (κ2) is 8.59. The van der Waals surface area contributed by atoms with Gasteiger partial charge >= 0.3 is 0 Å². The van der Waals surface area contributed by atoms with E-state index in [2.05, 4.69) is 5.10 Å². The highest BCUT2D eigenvalue weighted by molar-refractivity contribution is 7.89. The summed E-state index contributed by atoms with van der Waals surface area (Å²) >= 11 is 0. The molecule has 178 valence electrons.